The van der Waals surface area contributed by atoms with E-state index in [9.17, 15) is 9.59 Å². The summed E-state index contributed by atoms with van der Waals surface area (Å²) in [4.78, 5) is 30.7. The van der Waals surface area contributed by atoms with Crippen LogP contribution < -0.4 is 5.32 Å². The molecule has 5 nitrogen and oxygen atoms in total. The second-order valence-corrected chi connectivity index (χ2v) is 11.1. The minimum absolute atomic E-state index is 0.0997. The summed E-state index contributed by atoms with van der Waals surface area (Å²) < 4.78 is 2.99. The molecule has 6 rings (SSSR count). The van der Waals surface area contributed by atoms with Crippen LogP contribution in [0.5, 0.6) is 0 Å². The van der Waals surface area contributed by atoms with E-state index in [1.54, 1.807) is 4.90 Å². The number of fused-ring (bicyclic) bond motifs is 3. The molecule has 2 amide bonds. The number of hydrogen-bond acceptors (Lipinski definition) is 2. The van der Waals surface area contributed by atoms with E-state index in [4.69, 9.17) is 0 Å². The van der Waals surface area contributed by atoms with Crippen LogP contribution in [0.2, 0.25) is 0 Å². The van der Waals surface area contributed by atoms with Crippen LogP contribution in [-0.2, 0) is 23.4 Å². The summed E-state index contributed by atoms with van der Waals surface area (Å²) in [6.45, 7) is 0.685. The Kier molecular flexibility index (Phi) is 6.37. The van der Waals surface area contributed by atoms with Crippen molar-refractivity contribution < 1.29 is 9.59 Å². The van der Waals surface area contributed by atoms with Gasteiger partial charge in [-0.2, -0.15) is 0 Å². The first-order chi connectivity index (χ1) is 18.1. The predicted octanol–water partition coefficient (Wildman–Crippen LogP) is 6.40. The lowest BCUT2D eigenvalue weighted by molar-refractivity contribution is -0.136. The molecule has 37 heavy (non-hydrogen) atoms. The van der Waals surface area contributed by atoms with Gasteiger partial charge in [-0.05, 0) is 48.2 Å². The second kappa shape index (κ2) is 9.82. The summed E-state index contributed by atoms with van der Waals surface area (Å²) in [5.41, 5.74) is 2.20. The topological polar surface area (TPSA) is 54.3 Å². The Morgan fingerprint density at radius 3 is 2.46 bits per heavy atom. The highest BCUT2D eigenvalue weighted by Gasteiger charge is 2.52. The highest BCUT2D eigenvalue weighted by molar-refractivity contribution is 9.10. The lowest BCUT2D eigenvalue weighted by Crippen LogP contribution is -2.64. The Balaban J connectivity index is 1.54. The first-order valence-electron chi connectivity index (χ1n) is 13.1. The number of amides is 2. The summed E-state index contributed by atoms with van der Waals surface area (Å²) in [7, 11) is 0. The first-order valence-corrected chi connectivity index (χ1v) is 13.9. The molecule has 1 N–H and O–H groups in total. The Morgan fingerprint density at radius 1 is 0.919 bits per heavy atom. The van der Waals surface area contributed by atoms with Gasteiger partial charge in [0.25, 0.3) is 11.8 Å². The molecule has 1 atom stereocenters. The number of hydrogen-bond donors (Lipinski definition) is 1. The Bertz CT molecular complexity index is 1460. The van der Waals surface area contributed by atoms with Crippen LogP contribution in [0.4, 0.5) is 0 Å². The molecule has 0 spiro atoms. The molecule has 0 saturated heterocycles. The zero-order valence-corrected chi connectivity index (χ0v) is 22.3. The highest BCUT2D eigenvalue weighted by Crippen LogP contribution is 2.40. The quantitative estimate of drug-likeness (QED) is 0.309. The third kappa shape index (κ3) is 4.27. The monoisotopic (exact) mass is 555 g/mol. The molecule has 3 aromatic carbocycles. The molecule has 1 aliphatic heterocycles. The van der Waals surface area contributed by atoms with Gasteiger partial charge in [-0.1, -0.05) is 95.9 Å². The maximum Gasteiger partial charge on any atom is 0.272 e. The molecule has 1 unspecified atom stereocenters. The van der Waals surface area contributed by atoms with Crippen molar-refractivity contribution in [3.8, 4) is 0 Å². The van der Waals surface area contributed by atoms with Gasteiger partial charge in [-0.25, -0.2) is 0 Å². The molecule has 0 bridgehead atoms. The van der Waals surface area contributed by atoms with Crippen molar-refractivity contribution in [3.05, 3.63) is 106 Å². The Labute approximate surface area is 225 Å². The van der Waals surface area contributed by atoms with Gasteiger partial charge in [0, 0.05) is 28.0 Å². The van der Waals surface area contributed by atoms with Crippen molar-refractivity contribution in [1.29, 1.82) is 0 Å². The molecule has 2 heterocycles. The summed E-state index contributed by atoms with van der Waals surface area (Å²) in [6.07, 6.45) is 5.41. The maximum absolute atomic E-state index is 14.5. The van der Waals surface area contributed by atoms with Gasteiger partial charge in [0.15, 0.2) is 5.54 Å². The van der Waals surface area contributed by atoms with E-state index in [0.717, 1.165) is 52.2 Å². The standard InChI is InChI=1S/C31H30BrN3O2/c32-25-14-9-10-22(18-25)20-35-29(36)28-19-23-11-7-8-17-27(23)34(28)21-31(35,24-12-3-1-4-13-24)30(37)33-26-15-5-2-6-16-26/h1,3-4,7-14,17-19,26H,2,5-6,15-16,20-21H2,(H,33,37). The fourth-order valence-electron chi connectivity index (χ4n) is 6.05. The van der Waals surface area contributed by atoms with E-state index in [0.29, 0.717) is 18.8 Å². The number of halogens is 1. The molecule has 4 aromatic rings. The number of rotatable bonds is 5. The van der Waals surface area contributed by atoms with Gasteiger partial charge in [0.1, 0.15) is 5.69 Å². The average molecular weight is 557 g/mol. The van der Waals surface area contributed by atoms with Crippen molar-refractivity contribution in [3.63, 3.8) is 0 Å². The van der Waals surface area contributed by atoms with Gasteiger partial charge >= 0.3 is 0 Å². The lowest BCUT2D eigenvalue weighted by atomic mass is 9.83. The minimum Gasteiger partial charge on any atom is -0.351 e. The summed E-state index contributed by atoms with van der Waals surface area (Å²) >= 11 is 3.57. The minimum atomic E-state index is -1.19. The van der Waals surface area contributed by atoms with E-state index >= 15 is 0 Å². The molecule has 188 valence electrons. The van der Waals surface area contributed by atoms with Gasteiger partial charge in [-0.3, -0.25) is 9.59 Å². The van der Waals surface area contributed by atoms with Crippen LogP contribution in [-0.4, -0.2) is 27.3 Å². The van der Waals surface area contributed by atoms with Crippen molar-refractivity contribution >= 4 is 38.6 Å². The summed E-state index contributed by atoms with van der Waals surface area (Å²) in [5, 5.41) is 4.40. The predicted molar refractivity (Wildman–Crippen MR) is 149 cm³/mol. The van der Waals surface area contributed by atoms with Crippen LogP contribution in [0.25, 0.3) is 10.9 Å². The number of para-hydroxylation sites is 1. The van der Waals surface area contributed by atoms with Crippen LogP contribution in [0.1, 0.15) is 53.7 Å². The molecule has 2 aliphatic rings. The molecule has 1 saturated carbocycles. The van der Waals surface area contributed by atoms with E-state index in [-0.39, 0.29) is 17.9 Å². The smallest absolute Gasteiger partial charge is 0.272 e. The first kappa shape index (κ1) is 24.0. The van der Waals surface area contributed by atoms with Gasteiger partial charge in [0.05, 0.1) is 6.54 Å². The number of carbonyl (C=O) groups is 2. The fourth-order valence-corrected chi connectivity index (χ4v) is 6.49. The van der Waals surface area contributed by atoms with Crippen LogP contribution in [0, 0.1) is 0 Å². The molecular weight excluding hydrogens is 526 g/mol. The Morgan fingerprint density at radius 2 is 1.68 bits per heavy atom. The van der Waals surface area contributed by atoms with Crippen LogP contribution in [0.3, 0.4) is 0 Å². The lowest BCUT2D eigenvalue weighted by Gasteiger charge is -2.47. The zero-order valence-electron chi connectivity index (χ0n) is 20.7. The molecular formula is C31H30BrN3O2. The fraction of sp³-hybridized carbons (Fsp3) is 0.290. The van der Waals surface area contributed by atoms with Crippen molar-refractivity contribution in [1.82, 2.24) is 14.8 Å². The largest absolute Gasteiger partial charge is 0.351 e. The van der Waals surface area contributed by atoms with Crippen LogP contribution in [0.15, 0.2) is 89.4 Å². The maximum atomic E-state index is 14.5. The van der Waals surface area contributed by atoms with E-state index < -0.39 is 5.54 Å². The van der Waals surface area contributed by atoms with Gasteiger partial charge in [0.2, 0.25) is 0 Å². The number of benzene rings is 3. The number of carbonyl (C=O) groups excluding carboxylic acids is 2. The van der Waals surface area contributed by atoms with Crippen LogP contribution >= 0.6 is 15.9 Å². The van der Waals surface area contributed by atoms with Crippen molar-refractivity contribution in [2.45, 2.75) is 56.8 Å². The zero-order chi connectivity index (χ0) is 25.4. The van der Waals surface area contributed by atoms with Crippen molar-refractivity contribution in [2.75, 3.05) is 0 Å². The normalized spacial score (nSPS) is 20.1. The molecule has 1 aliphatic carbocycles. The molecule has 1 fully saturated rings. The van der Waals surface area contributed by atoms with Crippen molar-refractivity contribution in [2.24, 2.45) is 0 Å². The number of aromatic nitrogens is 1. The van der Waals surface area contributed by atoms with Gasteiger partial charge in [-0.15, -0.1) is 0 Å². The Hall–Kier alpha value is -3.38. The summed E-state index contributed by atoms with van der Waals surface area (Å²) in [5.74, 6) is -0.234. The SMILES string of the molecule is O=C1c2cc3ccccc3n2CC(C(=O)NC2CCCCC2)(c2ccccc2)N1Cc1cccc(Br)c1. The van der Waals surface area contributed by atoms with Gasteiger partial charge < -0.3 is 14.8 Å². The molecule has 1 aromatic heterocycles. The third-order valence-corrected chi connectivity index (χ3v) is 8.41. The van der Waals surface area contributed by atoms with E-state index in [1.807, 2.05) is 89.5 Å². The molecule has 0 radical (unpaired) electrons. The summed E-state index contributed by atoms with van der Waals surface area (Å²) in [6, 6.07) is 27.9. The number of nitrogens with one attached hydrogen (secondary N) is 1. The van der Waals surface area contributed by atoms with E-state index in [2.05, 4.69) is 21.2 Å². The third-order valence-electron chi connectivity index (χ3n) is 7.92. The average Bonchev–Trinajstić information content (AvgIpc) is 3.30. The van der Waals surface area contributed by atoms with E-state index in [1.165, 1.54) is 6.42 Å². The molecule has 6 heteroatoms. The second-order valence-electron chi connectivity index (χ2n) is 10.2. The highest BCUT2D eigenvalue weighted by atomic mass is 79.9. The number of nitrogens with zero attached hydrogens (tertiary/aromatic N) is 2.